The summed E-state index contributed by atoms with van der Waals surface area (Å²) < 4.78 is 25.9. The van der Waals surface area contributed by atoms with Crippen molar-refractivity contribution in [2.45, 2.75) is 44.9 Å². The van der Waals surface area contributed by atoms with Crippen molar-refractivity contribution in [3.8, 4) is 0 Å². The highest BCUT2D eigenvalue weighted by atomic mass is 19.2. The van der Waals surface area contributed by atoms with E-state index in [9.17, 15) is 8.78 Å². The van der Waals surface area contributed by atoms with Crippen LogP contribution in [-0.4, -0.2) is 0 Å². The summed E-state index contributed by atoms with van der Waals surface area (Å²) in [7, 11) is 0. The fraction of sp³-hybridized carbons (Fsp3) is 0.571. The number of benzene rings is 1. The fourth-order valence-corrected chi connectivity index (χ4v) is 2.81. The van der Waals surface area contributed by atoms with E-state index >= 15 is 0 Å². The predicted octanol–water partition coefficient (Wildman–Crippen LogP) is 4.65. The molecule has 0 saturated heterocycles. The summed E-state index contributed by atoms with van der Waals surface area (Å²) in [5.74, 6) is -0.238. The normalized spacial score (nSPS) is 24.9. The maximum absolute atomic E-state index is 13.1. The van der Waals surface area contributed by atoms with Gasteiger partial charge in [0.05, 0.1) is 0 Å². The molecule has 2 unspecified atom stereocenters. The Labute approximate surface area is 95.7 Å². The molecule has 0 bridgehead atoms. The van der Waals surface area contributed by atoms with E-state index in [1.807, 2.05) is 0 Å². The van der Waals surface area contributed by atoms with Gasteiger partial charge in [-0.05, 0) is 48.8 Å². The minimum Gasteiger partial charge on any atom is -0.204 e. The van der Waals surface area contributed by atoms with Crippen LogP contribution in [0, 0.1) is 17.6 Å². The summed E-state index contributed by atoms with van der Waals surface area (Å²) in [4.78, 5) is 0. The zero-order valence-corrected chi connectivity index (χ0v) is 9.68. The third-order valence-electron chi connectivity index (χ3n) is 3.65. The molecule has 1 aromatic carbocycles. The van der Waals surface area contributed by atoms with Crippen LogP contribution in [0.1, 0.15) is 50.5 Å². The van der Waals surface area contributed by atoms with Gasteiger partial charge in [0.2, 0.25) is 0 Å². The van der Waals surface area contributed by atoms with Gasteiger partial charge >= 0.3 is 0 Å². The lowest BCUT2D eigenvalue weighted by Crippen LogP contribution is -1.97. The molecule has 1 aliphatic rings. The molecule has 0 spiro atoms. The highest BCUT2D eigenvalue weighted by molar-refractivity contribution is 5.22. The lowest BCUT2D eigenvalue weighted by molar-refractivity contribution is 0.486. The van der Waals surface area contributed by atoms with Crippen LogP contribution in [0.15, 0.2) is 18.2 Å². The number of hydrogen-bond donors (Lipinski definition) is 0. The van der Waals surface area contributed by atoms with Gasteiger partial charge in [-0.15, -0.1) is 0 Å². The Balaban J connectivity index is 2.05. The Kier molecular flexibility index (Phi) is 3.57. The van der Waals surface area contributed by atoms with Crippen LogP contribution in [0.2, 0.25) is 0 Å². The first-order valence-corrected chi connectivity index (χ1v) is 6.15. The van der Waals surface area contributed by atoms with Crippen molar-refractivity contribution in [3.63, 3.8) is 0 Å². The summed E-state index contributed by atoms with van der Waals surface area (Å²) in [6.07, 6.45) is 5.97. The van der Waals surface area contributed by atoms with Crippen molar-refractivity contribution >= 4 is 0 Å². The van der Waals surface area contributed by atoms with E-state index in [1.165, 1.54) is 31.4 Å². The maximum Gasteiger partial charge on any atom is 0.159 e. The zero-order chi connectivity index (χ0) is 11.5. The van der Waals surface area contributed by atoms with Gasteiger partial charge in [-0.3, -0.25) is 0 Å². The van der Waals surface area contributed by atoms with E-state index in [4.69, 9.17) is 0 Å². The summed E-state index contributed by atoms with van der Waals surface area (Å²) in [5.41, 5.74) is 0.970. The molecule has 0 heterocycles. The molecular formula is C14H18F2. The van der Waals surface area contributed by atoms with Gasteiger partial charge in [0.25, 0.3) is 0 Å². The lowest BCUT2D eigenvalue weighted by Gasteiger charge is -2.11. The summed E-state index contributed by atoms with van der Waals surface area (Å²) >= 11 is 0. The molecule has 0 aliphatic heterocycles. The lowest BCUT2D eigenvalue weighted by atomic mass is 9.95. The van der Waals surface area contributed by atoms with Crippen molar-refractivity contribution in [1.82, 2.24) is 0 Å². The Bertz CT molecular complexity index is 360. The molecule has 0 N–H and O–H groups in total. The summed E-state index contributed by atoms with van der Waals surface area (Å²) in [6.45, 7) is 2.20. The van der Waals surface area contributed by atoms with Gasteiger partial charge in [0, 0.05) is 0 Å². The molecule has 0 aromatic heterocycles. The van der Waals surface area contributed by atoms with E-state index in [0.29, 0.717) is 5.92 Å². The Morgan fingerprint density at radius 3 is 2.69 bits per heavy atom. The SMILES string of the molecule is CCCC1CCC(c2ccc(F)c(F)c2)C1. The minimum atomic E-state index is -0.744. The second kappa shape index (κ2) is 4.94. The van der Waals surface area contributed by atoms with Crippen molar-refractivity contribution in [1.29, 1.82) is 0 Å². The fourth-order valence-electron chi connectivity index (χ4n) is 2.81. The molecule has 0 amide bonds. The first-order valence-electron chi connectivity index (χ1n) is 6.15. The highest BCUT2D eigenvalue weighted by Gasteiger charge is 2.25. The van der Waals surface area contributed by atoms with Gasteiger partial charge in [-0.1, -0.05) is 25.8 Å². The molecule has 1 saturated carbocycles. The van der Waals surface area contributed by atoms with Crippen LogP contribution in [0.4, 0.5) is 8.78 Å². The molecule has 0 radical (unpaired) electrons. The maximum atomic E-state index is 13.1. The summed E-state index contributed by atoms with van der Waals surface area (Å²) in [6, 6.07) is 4.35. The largest absolute Gasteiger partial charge is 0.204 e. The van der Waals surface area contributed by atoms with E-state index in [1.54, 1.807) is 6.07 Å². The number of hydrogen-bond acceptors (Lipinski definition) is 0. The molecule has 2 rings (SSSR count). The van der Waals surface area contributed by atoms with E-state index in [0.717, 1.165) is 24.3 Å². The second-order valence-electron chi connectivity index (χ2n) is 4.84. The molecule has 2 heteroatoms. The van der Waals surface area contributed by atoms with Gasteiger partial charge in [-0.25, -0.2) is 8.78 Å². The first kappa shape index (κ1) is 11.6. The van der Waals surface area contributed by atoms with Crippen LogP contribution >= 0.6 is 0 Å². The Morgan fingerprint density at radius 1 is 1.19 bits per heavy atom. The van der Waals surface area contributed by atoms with Gasteiger partial charge < -0.3 is 0 Å². The Hall–Kier alpha value is -0.920. The zero-order valence-electron chi connectivity index (χ0n) is 9.68. The van der Waals surface area contributed by atoms with Crippen molar-refractivity contribution in [2.75, 3.05) is 0 Å². The highest BCUT2D eigenvalue weighted by Crippen LogP contribution is 2.40. The van der Waals surface area contributed by atoms with E-state index < -0.39 is 11.6 Å². The molecule has 1 aliphatic carbocycles. The first-order chi connectivity index (χ1) is 7.70. The average Bonchev–Trinajstić information content (AvgIpc) is 2.71. The molecular weight excluding hydrogens is 206 g/mol. The molecule has 0 nitrogen and oxygen atoms in total. The van der Waals surface area contributed by atoms with Gasteiger partial charge in [0.1, 0.15) is 0 Å². The molecule has 16 heavy (non-hydrogen) atoms. The average molecular weight is 224 g/mol. The summed E-state index contributed by atoms with van der Waals surface area (Å²) in [5, 5.41) is 0. The third-order valence-corrected chi connectivity index (χ3v) is 3.65. The van der Waals surface area contributed by atoms with Gasteiger partial charge in [-0.2, -0.15) is 0 Å². The van der Waals surface area contributed by atoms with Crippen LogP contribution < -0.4 is 0 Å². The standard InChI is InChI=1S/C14H18F2/c1-2-3-10-4-5-11(8-10)12-6-7-13(15)14(16)9-12/h6-7,9-11H,2-5,8H2,1H3. The molecule has 1 fully saturated rings. The Morgan fingerprint density at radius 2 is 2.00 bits per heavy atom. The van der Waals surface area contributed by atoms with Crippen LogP contribution in [-0.2, 0) is 0 Å². The number of rotatable bonds is 3. The van der Waals surface area contributed by atoms with E-state index in [2.05, 4.69) is 6.92 Å². The van der Waals surface area contributed by atoms with Crippen molar-refractivity contribution in [2.24, 2.45) is 5.92 Å². The molecule has 1 aromatic rings. The van der Waals surface area contributed by atoms with Gasteiger partial charge in [0.15, 0.2) is 11.6 Å². The van der Waals surface area contributed by atoms with Crippen molar-refractivity contribution < 1.29 is 8.78 Å². The second-order valence-corrected chi connectivity index (χ2v) is 4.84. The predicted molar refractivity (Wildman–Crippen MR) is 61.3 cm³/mol. The molecule has 88 valence electrons. The quantitative estimate of drug-likeness (QED) is 0.701. The number of halogens is 2. The van der Waals surface area contributed by atoms with Crippen LogP contribution in [0.5, 0.6) is 0 Å². The molecule has 2 atom stereocenters. The van der Waals surface area contributed by atoms with Crippen LogP contribution in [0.3, 0.4) is 0 Å². The smallest absolute Gasteiger partial charge is 0.159 e. The van der Waals surface area contributed by atoms with Crippen molar-refractivity contribution in [3.05, 3.63) is 35.4 Å². The monoisotopic (exact) mass is 224 g/mol. The van der Waals surface area contributed by atoms with Crippen LogP contribution in [0.25, 0.3) is 0 Å². The third kappa shape index (κ3) is 2.42. The minimum absolute atomic E-state index is 0.437. The topological polar surface area (TPSA) is 0 Å². The van der Waals surface area contributed by atoms with E-state index in [-0.39, 0.29) is 0 Å².